The molecule has 2 aromatic rings. The second-order valence-corrected chi connectivity index (χ2v) is 14.4. The summed E-state index contributed by atoms with van der Waals surface area (Å²) >= 11 is 0. The molecule has 1 aliphatic heterocycles. The number of hydrogen-bond acceptors (Lipinski definition) is 8. The van der Waals surface area contributed by atoms with Crippen LogP contribution < -0.4 is 26.0 Å². The topological polar surface area (TPSA) is 181 Å². The summed E-state index contributed by atoms with van der Waals surface area (Å²) in [7, 11) is -3.91. The van der Waals surface area contributed by atoms with Crippen LogP contribution in [-0.2, 0) is 32.6 Å². The highest BCUT2D eigenvalue weighted by Crippen LogP contribution is 2.42. The summed E-state index contributed by atoms with van der Waals surface area (Å²) in [5, 5.41) is 11.7. The van der Waals surface area contributed by atoms with Crippen LogP contribution in [-0.4, -0.2) is 56.2 Å². The third-order valence-electron chi connectivity index (χ3n) is 8.52. The molecule has 47 heavy (non-hydrogen) atoms. The number of rotatable bonds is 12. The van der Waals surface area contributed by atoms with E-state index in [2.05, 4.69) is 20.6 Å². The number of fused-ring (bicyclic) bond motifs is 1. The molecule has 0 aromatic heterocycles. The van der Waals surface area contributed by atoms with Gasteiger partial charge in [-0.2, -0.15) is 0 Å². The first kappa shape index (κ1) is 37.8. The molecule has 6 N–H and O–H groups in total. The summed E-state index contributed by atoms with van der Waals surface area (Å²) in [6, 6.07) is 8.44. The number of benzene rings is 2. The van der Waals surface area contributed by atoms with Crippen molar-refractivity contribution in [3.63, 3.8) is 0 Å². The Bertz CT molecular complexity index is 1490. The zero-order chi connectivity index (χ0) is 34.6. The molecule has 4 rings (SSSR count). The third kappa shape index (κ3) is 11.5. The van der Waals surface area contributed by atoms with Crippen LogP contribution in [0.4, 0.5) is 4.79 Å². The minimum absolute atomic E-state index is 0.0287. The minimum atomic E-state index is -3.91. The molecule has 0 bridgehead atoms. The molecular weight excluding hydrogens is 622 g/mol. The maximum atomic E-state index is 13.1. The van der Waals surface area contributed by atoms with Crippen LogP contribution in [0.2, 0.25) is 0 Å². The van der Waals surface area contributed by atoms with E-state index in [0.29, 0.717) is 23.6 Å². The Balaban J connectivity index is 0.000000756. The SMILES string of the molecule is Cc1c(C)c(S(=O)(=O)NNC=NCCCC(NC(=O)OCc2ccccc2)C(=O)O)c(C)c2c1OC(C)(C)CC2.NC1CCCCC1. The first-order valence-electron chi connectivity index (χ1n) is 16.2. The molecule has 1 heterocycles. The van der Waals surface area contributed by atoms with Crippen molar-refractivity contribution >= 4 is 28.4 Å². The highest BCUT2D eigenvalue weighted by molar-refractivity contribution is 7.89. The lowest BCUT2D eigenvalue weighted by Crippen LogP contribution is -2.41. The quantitative estimate of drug-likeness (QED) is 0.0900. The van der Waals surface area contributed by atoms with Gasteiger partial charge in [0.2, 0.25) is 0 Å². The molecule has 1 amide bonds. The number of amides is 1. The largest absolute Gasteiger partial charge is 0.487 e. The van der Waals surface area contributed by atoms with Gasteiger partial charge in [0.15, 0.2) is 0 Å². The molecule has 0 spiro atoms. The number of aliphatic carboxylic acids is 1. The van der Waals surface area contributed by atoms with Crippen molar-refractivity contribution in [3.8, 4) is 5.75 Å². The van der Waals surface area contributed by atoms with Crippen molar-refractivity contribution < 1.29 is 32.6 Å². The van der Waals surface area contributed by atoms with Gasteiger partial charge in [-0.05, 0) is 101 Å². The average molecular weight is 674 g/mol. The Morgan fingerprint density at radius 2 is 1.79 bits per heavy atom. The number of nitrogens with one attached hydrogen (secondary N) is 3. The molecule has 1 unspecified atom stereocenters. The Morgan fingerprint density at radius 3 is 2.40 bits per heavy atom. The van der Waals surface area contributed by atoms with Crippen molar-refractivity contribution in [3.05, 3.63) is 58.1 Å². The molecule has 1 fully saturated rings. The van der Waals surface area contributed by atoms with Crippen molar-refractivity contribution in [2.45, 2.75) is 122 Å². The first-order chi connectivity index (χ1) is 22.2. The average Bonchev–Trinajstić information content (AvgIpc) is 3.02. The zero-order valence-corrected chi connectivity index (χ0v) is 29.0. The first-order valence-corrected chi connectivity index (χ1v) is 17.7. The van der Waals surface area contributed by atoms with Crippen LogP contribution in [0.3, 0.4) is 0 Å². The van der Waals surface area contributed by atoms with E-state index < -0.39 is 28.1 Å². The van der Waals surface area contributed by atoms with Crippen LogP contribution in [0.5, 0.6) is 5.75 Å². The van der Waals surface area contributed by atoms with Crippen LogP contribution in [0.1, 0.15) is 93.0 Å². The number of carboxylic acid groups (broad SMARTS) is 1. The fraction of sp³-hybridized carbons (Fsp3) is 0.559. The number of ether oxygens (including phenoxy) is 2. The Hall–Kier alpha value is -3.68. The lowest BCUT2D eigenvalue weighted by molar-refractivity contribution is -0.139. The Morgan fingerprint density at radius 1 is 1.11 bits per heavy atom. The summed E-state index contributed by atoms with van der Waals surface area (Å²) in [5.41, 5.74) is 11.6. The van der Waals surface area contributed by atoms with E-state index in [1.165, 1.54) is 38.4 Å². The summed E-state index contributed by atoms with van der Waals surface area (Å²) in [4.78, 5) is 30.1. The predicted octanol–water partition coefficient (Wildman–Crippen LogP) is 4.96. The lowest BCUT2D eigenvalue weighted by Gasteiger charge is -2.35. The fourth-order valence-corrected chi connectivity index (χ4v) is 7.09. The second kappa shape index (κ2) is 17.5. The van der Waals surface area contributed by atoms with Crippen LogP contribution in [0.25, 0.3) is 0 Å². The third-order valence-corrected chi connectivity index (χ3v) is 10.1. The number of hydrogen-bond donors (Lipinski definition) is 5. The van der Waals surface area contributed by atoms with Gasteiger partial charge in [-0.1, -0.05) is 49.6 Å². The van der Waals surface area contributed by atoms with Gasteiger partial charge in [0, 0.05) is 12.6 Å². The standard InChI is InChI=1S/C28H38N4O7S.C6H13N/c1-18-19(2)25(20(3)22-13-14-28(4,5)39-24(18)22)40(36,37)32-30-17-29-15-9-12-23(26(33)34)31-27(35)38-16-21-10-7-6-8-11-21;7-6-4-2-1-3-5-6/h6-8,10-11,17,23,32H,9,12-16H2,1-5H3,(H,29,30)(H,31,35)(H,33,34);6H,1-5,7H2. The highest BCUT2D eigenvalue weighted by atomic mass is 32.2. The smallest absolute Gasteiger partial charge is 0.408 e. The molecule has 12 nitrogen and oxygen atoms in total. The maximum absolute atomic E-state index is 13.1. The van der Waals surface area contributed by atoms with Crippen molar-refractivity contribution in [1.29, 1.82) is 0 Å². The summed E-state index contributed by atoms with van der Waals surface area (Å²) in [6.45, 7) is 9.71. The number of alkyl carbamates (subject to hydrolysis) is 1. The highest BCUT2D eigenvalue weighted by Gasteiger charge is 2.33. The Labute approximate surface area is 278 Å². The van der Waals surface area contributed by atoms with Crippen molar-refractivity contribution in [2.75, 3.05) is 6.54 Å². The van der Waals surface area contributed by atoms with E-state index in [9.17, 15) is 23.1 Å². The van der Waals surface area contributed by atoms with Crippen LogP contribution >= 0.6 is 0 Å². The van der Waals surface area contributed by atoms with Gasteiger partial charge in [-0.15, -0.1) is 4.83 Å². The molecule has 0 radical (unpaired) electrons. The normalized spacial score (nSPS) is 16.6. The number of carbonyl (C=O) groups is 2. The summed E-state index contributed by atoms with van der Waals surface area (Å²) in [6.07, 6.45) is 9.00. The molecule has 1 saturated carbocycles. The van der Waals surface area contributed by atoms with Gasteiger partial charge in [-0.25, -0.2) is 18.0 Å². The number of aliphatic imine (C=N–C) groups is 1. The van der Waals surface area contributed by atoms with Gasteiger partial charge in [0.1, 0.15) is 24.0 Å². The fourth-order valence-electron chi connectivity index (χ4n) is 5.70. The molecule has 2 aromatic carbocycles. The van der Waals surface area contributed by atoms with E-state index in [-0.39, 0.29) is 30.1 Å². The number of carboxylic acids is 1. The molecular formula is C34H51N5O7S. The molecule has 13 heteroatoms. The number of sulfonamides is 1. The number of carbonyl (C=O) groups excluding carboxylic acids is 1. The van der Waals surface area contributed by atoms with Crippen molar-refractivity contribution in [2.24, 2.45) is 10.7 Å². The second-order valence-electron chi connectivity index (χ2n) is 12.8. The number of hydrazine groups is 1. The summed E-state index contributed by atoms with van der Waals surface area (Å²) < 4.78 is 37.5. The molecule has 0 saturated heterocycles. The monoisotopic (exact) mass is 673 g/mol. The van der Waals surface area contributed by atoms with Crippen LogP contribution in [0, 0.1) is 20.8 Å². The predicted molar refractivity (Wildman–Crippen MR) is 182 cm³/mol. The molecule has 1 atom stereocenters. The van der Waals surface area contributed by atoms with Gasteiger partial charge >= 0.3 is 12.1 Å². The van der Waals surface area contributed by atoms with E-state index in [1.807, 2.05) is 39.0 Å². The minimum Gasteiger partial charge on any atom is -0.487 e. The van der Waals surface area contributed by atoms with Crippen LogP contribution in [0.15, 0.2) is 40.2 Å². The maximum Gasteiger partial charge on any atom is 0.408 e. The zero-order valence-electron chi connectivity index (χ0n) is 28.2. The summed E-state index contributed by atoms with van der Waals surface area (Å²) in [5.74, 6) is -0.426. The van der Waals surface area contributed by atoms with Gasteiger partial charge in [-0.3, -0.25) is 10.4 Å². The van der Waals surface area contributed by atoms with E-state index >= 15 is 0 Å². The van der Waals surface area contributed by atoms with E-state index in [1.54, 1.807) is 26.0 Å². The lowest BCUT2D eigenvalue weighted by atomic mass is 9.88. The molecule has 260 valence electrons. The number of nitrogens with two attached hydrogens (primary N) is 1. The van der Waals surface area contributed by atoms with Crippen molar-refractivity contribution in [1.82, 2.24) is 15.6 Å². The van der Waals surface area contributed by atoms with Gasteiger partial charge in [0.25, 0.3) is 10.0 Å². The van der Waals surface area contributed by atoms with E-state index in [0.717, 1.165) is 35.3 Å². The molecule has 2 aliphatic rings. The van der Waals surface area contributed by atoms with E-state index in [4.69, 9.17) is 15.2 Å². The Kier molecular flexibility index (Phi) is 14.0. The van der Waals surface area contributed by atoms with Gasteiger partial charge < -0.3 is 25.6 Å². The molecule has 1 aliphatic carbocycles. The van der Waals surface area contributed by atoms with Gasteiger partial charge in [0.05, 0.1) is 11.2 Å². The number of nitrogens with zero attached hydrogens (tertiary/aromatic N) is 1.